The molecule has 1 amide bonds. The number of carbonyl (C=O) groups is 1. The van der Waals surface area contributed by atoms with E-state index in [-0.39, 0.29) is 24.1 Å². The zero-order chi connectivity index (χ0) is 21.9. The first-order valence-electron chi connectivity index (χ1n) is 12.8. The molecule has 6 aliphatic rings. The zero-order valence-electron chi connectivity index (χ0n) is 18.8. The number of hydrogen-bond acceptors (Lipinski definition) is 6. The summed E-state index contributed by atoms with van der Waals surface area (Å²) < 4.78 is 0. The Labute approximate surface area is 189 Å². The molecular weight excluding hydrogens is 404 g/mol. The molecule has 32 heavy (non-hydrogen) atoms. The van der Waals surface area contributed by atoms with Crippen molar-refractivity contribution in [3.8, 4) is 0 Å². The molecule has 3 unspecified atom stereocenters. The molecule has 6 saturated carbocycles. The normalized spacial score (nSPS) is 40.7. The minimum atomic E-state index is -0.492. The van der Waals surface area contributed by atoms with Gasteiger partial charge in [0.2, 0.25) is 5.95 Å². The fraction of sp³-hybridized carbons (Fsp3) is 0.800. The molecule has 4 N–H and O–H groups in total. The van der Waals surface area contributed by atoms with Gasteiger partial charge in [0.1, 0.15) is 0 Å². The number of nitrogens with one attached hydrogen (secondary N) is 2. The maximum absolute atomic E-state index is 13.5. The van der Waals surface area contributed by atoms with Crippen LogP contribution in [-0.4, -0.2) is 49.9 Å². The van der Waals surface area contributed by atoms with Crippen LogP contribution in [0.5, 0.6) is 0 Å². The molecule has 0 aliphatic heterocycles. The summed E-state index contributed by atoms with van der Waals surface area (Å²) in [6.07, 6.45) is 13.4. The molecule has 0 radical (unpaired) electrons. The summed E-state index contributed by atoms with van der Waals surface area (Å²) in [5.74, 6) is 2.17. The molecule has 7 rings (SSSR count). The van der Waals surface area contributed by atoms with Crippen LogP contribution in [-0.2, 0) is 0 Å². The van der Waals surface area contributed by atoms with Crippen LogP contribution < -0.4 is 10.6 Å². The lowest BCUT2D eigenvalue weighted by molar-refractivity contribution is -0.136. The molecule has 6 aliphatic carbocycles. The Bertz CT molecular complexity index is 870. The highest BCUT2D eigenvalue weighted by Crippen LogP contribution is 2.55. The minimum absolute atomic E-state index is 0.00930. The standard InChI is InChI=1S/C25H36N4O3/c30-20-7-3-6-19(20)27-24-26-13-18(22(29-24)15-4-1-2-5-15)23(31)28-21-16-8-14-9-17(21)12-25(32,10-14)11-16/h13-17,19-21,30,32H,1-12H2,(H,28,31)(H,26,27,29)/t14?,16-,17+,19-,20+,21?,25?/m0/s1. The molecule has 6 fully saturated rings. The molecule has 0 saturated heterocycles. The van der Waals surface area contributed by atoms with E-state index in [1.807, 2.05) is 0 Å². The van der Waals surface area contributed by atoms with E-state index >= 15 is 0 Å². The number of amides is 1. The van der Waals surface area contributed by atoms with Gasteiger partial charge in [0, 0.05) is 18.2 Å². The summed E-state index contributed by atoms with van der Waals surface area (Å²) in [5, 5.41) is 27.7. The van der Waals surface area contributed by atoms with E-state index in [1.165, 1.54) is 12.8 Å². The maximum Gasteiger partial charge on any atom is 0.254 e. The Morgan fingerprint density at radius 1 is 1.03 bits per heavy atom. The third-order valence-corrected chi connectivity index (χ3v) is 9.14. The van der Waals surface area contributed by atoms with Crippen LogP contribution in [0.4, 0.5) is 5.95 Å². The molecule has 4 bridgehead atoms. The first-order valence-corrected chi connectivity index (χ1v) is 12.8. The van der Waals surface area contributed by atoms with E-state index in [0.717, 1.165) is 69.9 Å². The lowest BCUT2D eigenvalue weighted by Gasteiger charge is -2.58. The van der Waals surface area contributed by atoms with Gasteiger partial charge in [0.25, 0.3) is 5.91 Å². The maximum atomic E-state index is 13.5. The van der Waals surface area contributed by atoms with Crippen molar-refractivity contribution in [2.45, 2.75) is 107 Å². The fourth-order valence-corrected chi connectivity index (χ4v) is 7.87. The zero-order valence-corrected chi connectivity index (χ0v) is 18.8. The highest BCUT2D eigenvalue weighted by Gasteiger charge is 2.55. The number of anilines is 1. The summed E-state index contributed by atoms with van der Waals surface area (Å²) in [5.41, 5.74) is 0.989. The lowest BCUT2D eigenvalue weighted by Crippen LogP contribution is -2.61. The summed E-state index contributed by atoms with van der Waals surface area (Å²) in [6, 6.07) is 0.146. The summed E-state index contributed by atoms with van der Waals surface area (Å²) in [6.45, 7) is 0. The Hall–Kier alpha value is -1.73. The molecule has 1 aromatic heterocycles. The Morgan fingerprint density at radius 2 is 1.78 bits per heavy atom. The van der Waals surface area contributed by atoms with Gasteiger partial charge in [-0.15, -0.1) is 0 Å². The Morgan fingerprint density at radius 3 is 2.44 bits per heavy atom. The summed E-state index contributed by atoms with van der Waals surface area (Å²) in [4.78, 5) is 22.8. The van der Waals surface area contributed by atoms with Crippen molar-refractivity contribution >= 4 is 11.9 Å². The second kappa shape index (κ2) is 7.94. The number of carbonyl (C=O) groups excluding carboxylic acids is 1. The largest absolute Gasteiger partial charge is 0.391 e. The quantitative estimate of drug-likeness (QED) is 0.560. The molecule has 7 nitrogen and oxygen atoms in total. The average molecular weight is 441 g/mol. The Kier molecular flexibility index (Phi) is 5.17. The van der Waals surface area contributed by atoms with Crippen molar-refractivity contribution in [1.82, 2.24) is 15.3 Å². The molecular formula is C25H36N4O3. The van der Waals surface area contributed by atoms with Gasteiger partial charge in [0.15, 0.2) is 0 Å². The highest BCUT2D eigenvalue weighted by atomic mass is 16.3. The van der Waals surface area contributed by atoms with E-state index in [4.69, 9.17) is 4.98 Å². The van der Waals surface area contributed by atoms with Crippen LogP contribution in [0.15, 0.2) is 6.20 Å². The molecule has 7 heteroatoms. The van der Waals surface area contributed by atoms with E-state index in [9.17, 15) is 15.0 Å². The monoisotopic (exact) mass is 440 g/mol. The van der Waals surface area contributed by atoms with Crippen LogP contribution in [0.25, 0.3) is 0 Å². The average Bonchev–Trinajstić information content (AvgIpc) is 3.42. The summed E-state index contributed by atoms with van der Waals surface area (Å²) in [7, 11) is 0. The molecule has 0 aromatic carbocycles. The number of hydrogen-bond donors (Lipinski definition) is 4. The van der Waals surface area contributed by atoms with Gasteiger partial charge in [-0.05, 0) is 82.0 Å². The fourth-order valence-electron chi connectivity index (χ4n) is 7.87. The van der Waals surface area contributed by atoms with Crippen LogP contribution in [0.3, 0.4) is 0 Å². The van der Waals surface area contributed by atoms with Crippen molar-refractivity contribution in [2.75, 3.05) is 5.32 Å². The van der Waals surface area contributed by atoms with E-state index in [2.05, 4.69) is 15.6 Å². The van der Waals surface area contributed by atoms with Gasteiger partial charge in [-0.3, -0.25) is 4.79 Å². The van der Waals surface area contributed by atoms with Gasteiger partial charge in [-0.25, -0.2) is 9.97 Å². The number of aromatic nitrogens is 2. The van der Waals surface area contributed by atoms with Crippen LogP contribution in [0.2, 0.25) is 0 Å². The van der Waals surface area contributed by atoms with Crippen LogP contribution in [0.1, 0.15) is 99.0 Å². The van der Waals surface area contributed by atoms with Gasteiger partial charge in [0.05, 0.1) is 29.0 Å². The van der Waals surface area contributed by atoms with E-state index in [1.54, 1.807) is 6.20 Å². The summed E-state index contributed by atoms with van der Waals surface area (Å²) >= 11 is 0. The second-order valence-corrected chi connectivity index (χ2v) is 11.4. The minimum Gasteiger partial charge on any atom is -0.391 e. The predicted octanol–water partition coefficient (Wildman–Crippen LogP) is 3.13. The van der Waals surface area contributed by atoms with Crippen molar-refractivity contribution in [1.29, 1.82) is 0 Å². The number of aliphatic hydroxyl groups is 2. The predicted molar refractivity (Wildman–Crippen MR) is 120 cm³/mol. The lowest BCUT2D eigenvalue weighted by atomic mass is 9.52. The third kappa shape index (κ3) is 3.71. The smallest absolute Gasteiger partial charge is 0.254 e. The number of nitrogens with zero attached hydrogens (tertiary/aromatic N) is 2. The molecule has 0 spiro atoms. The molecule has 1 heterocycles. The van der Waals surface area contributed by atoms with E-state index < -0.39 is 5.60 Å². The molecule has 174 valence electrons. The van der Waals surface area contributed by atoms with Crippen molar-refractivity contribution in [3.63, 3.8) is 0 Å². The first kappa shape index (κ1) is 20.8. The van der Waals surface area contributed by atoms with Gasteiger partial charge in [-0.2, -0.15) is 0 Å². The second-order valence-electron chi connectivity index (χ2n) is 11.4. The van der Waals surface area contributed by atoms with Gasteiger partial charge in [-0.1, -0.05) is 12.8 Å². The molecule has 7 atom stereocenters. The van der Waals surface area contributed by atoms with Gasteiger partial charge >= 0.3 is 0 Å². The van der Waals surface area contributed by atoms with Crippen molar-refractivity contribution < 1.29 is 15.0 Å². The number of aliphatic hydroxyl groups excluding tert-OH is 1. The van der Waals surface area contributed by atoms with Crippen molar-refractivity contribution in [2.24, 2.45) is 17.8 Å². The van der Waals surface area contributed by atoms with Gasteiger partial charge < -0.3 is 20.8 Å². The Balaban J connectivity index is 1.23. The first-order chi connectivity index (χ1) is 15.5. The van der Waals surface area contributed by atoms with E-state index in [0.29, 0.717) is 35.2 Å². The van der Waals surface area contributed by atoms with Crippen LogP contribution >= 0.6 is 0 Å². The van der Waals surface area contributed by atoms with Crippen LogP contribution in [0, 0.1) is 17.8 Å². The third-order valence-electron chi connectivity index (χ3n) is 9.14. The highest BCUT2D eigenvalue weighted by molar-refractivity contribution is 5.95. The topological polar surface area (TPSA) is 107 Å². The van der Waals surface area contributed by atoms with Crippen molar-refractivity contribution in [3.05, 3.63) is 17.5 Å². The molecule has 1 aromatic rings. The number of rotatable bonds is 5. The SMILES string of the molecule is O=C(NC1[C@@H]2CC3C[C@H]1CC(O)(C3)C2)c1cnc(N[C@H]2CCC[C@H]2O)nc1C1CCCC1.